The van der Waals surface area contributed by atoms with E-state index in [0.29, 0.717) is 5.41 Å². The highest BCUT2D eigenvalue weighted by Gasteiger charge is 2.34. The van der Waals surface area contributed by atoms with Gasteiger partial charge >= 0.3 is 0 Å². The Morgan fingerprint density at radius 3 is 2.53 bits per heavy atom. The summed E-state index contributed by atoms with van der Waals surface area (Å²) in [5.74, 6) is 0. The summed E-state index contributed by atoms with van der Waals surface area (Å²) < 4.78 is 5.48. The van der Waals surface area contributed by atoms with Gasteiger partial charge in [-0.15, -0.1) is 0 Å². The molecule has 0 bridgehead atoms. The summed E-state index contributed by atoms with van der Waals surface area (Å²) in [7, 11) is 0. The number of hydrogen-bond donors (Lipinski definition) is 2. The van der Waals surface area contributed by atoms with Gasteiger partial charge in [-0.1, -0.05) is 6.07 Å². The van der Waals surface area contributed by atoms with Crippen LogP contribution < -0.4 is 10.6 Å². The third-order valence-corrected chi connectivity index (χ3v) is 4.04. The first-order chi connectivity index (χ1) is 8.27. The van der Waals surface area contributed by atoms with E-state index in [0.717, 1.165) is 39.1 Å². The zero-order chi connectivity index (χ0) is 11.7. The van der Waals surface area contributed by atoms with E-state index in [1.54, 1.807) is 0 Å². The van der Waals surface area contributed by atoms with Gasteiger partial charge in [0.25, 0.3) is 0 Å². The van der Waals surface area contributed by atoms with Crippen molar-refractivity contribution in [2.75, 3.05) is 36.9 Å². The monoisotopic (exact) mass is 232 g/mol. The first kappa shape index (κ1) is 10.9. The first-order valence-electron chi connectivity index (χ1n) is 6.44. The van der Waals surface area contributed by atoms with E-state index in [-0.39, 0.29) is 0 Å². The molecule has 1 spiro atoms. The Morgan fingerprint density at radius 1 is 1.06 bits per heavy atom. The molecular formula is C14H20N2O. The first-order valence-corrected chi connectivity index (χ1v) is 6.44. The van der Waals surface area contributed by atoms with Crippen LogP contribution in [0.25, 0.3) is 0 Å². The predicted octanol–water partition coefficient (Wildman–Crippen LogP) is 2.63. The Kier molecular flexibility index (Phi) is 2.71. The van der Waals surface area contributed by atoms with E-state index in [1.807, 2.05) is 0 Å². The third-order valence-electron chi connectivity index (χ3n) is 4.04. The van der Waals surface area contributed by atoms with Gasteiger partial charge in [-0.25, -0.2) is 0 Å². The predicted molar refractivity (Wildman–Crippen MR) is 70.6 cm³/mol. The van der Waals surface area contributed by atoms with Crippen molar-refractivity contribution in [2.24, 2.45) is 5.41 Å². The lowest BCUT2D eigenvalue weighted by Gasteiger charge is -2.36. The number of aryl methyl sites for hydroxylation is 1. The van der Waals surface area contributed by atoms with Crippen molar-refractivity contribution in [1.82, 2.24) is 0 Å². The number of nitrogens with one attached hydrogen (secondary N) is 2. The van der Waals surface area contributed by atoms with E-state index in [9.17, 15) is 0 Å². The van der Waals surface area contributed by atoms with Gasteiger partial charge in [-0.3, -0.25) is 0 Å². The third kappa shape index (κ3) is 2.12. The minimum atomic E-state index is 0.366. The molecule has 0 unspecified atom stereocenters. The molecule has 0 radical (unpaired) electrons. The zero-order valence-electron chi connectivity index (χ0n) is 10.4. The van der Waals surface area contributed by atoms with Gasteiger partial charge in [0.05, 0.1) is 11.4 Å². The van der Waals surface area contributed by atoms with Gasteiger partial charge in [-0.05, 0) is 37.5 Å². The molecule has 0 saturated carbocycles. The molecule has 1 aromatic rings. The largest absolute Gasteiger partial charge is 0.383 e. The molecule has 1 aromatic carbocycles. The maximum Gasteiger partial charge on any atom is 0.0578 e. The molecule has 17 heavy (non-hydrogen) atoms. The highest BCUT2D eigenvalue weighted by Crippen LogP contribution is 2.36. The highest BCUT2D eigenvalue weighted by molar-refractivity contribution is 5.70. The fourth-order valence-electron chi connectivity index (χ4n) is 2.74. The van der Waals surface area contributed by atoms with Crippen LogP contribution in [0, 0.1) is 12.3 Å². The van der Waals surface area contributed by atoms with Crippen molar-refractivity contribution in [1.29, 1.82) is 0 Å². The van der Waals surface area contributed by atoms with E-state index in [4.69, 9.17) is 4.74 Å². The van der Waals surface area contributed by atoms with E-state index in [2.05, 4.69) is 35.8 Å². The van der Waals surface area contributed by atoms with E-state index >= 15 is 0 Å². The maximum absolute atomic E-state index is 5.48. The van der Waals surface area contributed by atoms with Crippen LogP contribution >= 0.6 is 0 Å². The van der Waals surface area contributed by atoms with Crippen LogP contribution in [0.2, 0.25) is 0 Å². The van der Waals surface area contributed by atoms with Crippen LogP contribution in [0.4, 0.5) is 11.4 Å². The fraction of sp³-hybridized carbons (Fsp3) is 0.571. The molecular weight excluding hydrogens is 212 g/mol. The molecule has 0 atom stereocenters. The Balaban J connectivity index is 1.82. The molecule has 0 amide bonds. The average Bonchev–Trinajstić information content (AvgIpc) is 2.52. The smallest absolute Gasteiger partial charge is 0.0578 e. The van der Waals surface area contributed by atoms with Crippen LogP contribution in [-0.2, 0) is 4.74 Å². The minimum Gasteiger partial charge on any atom is -0.383 e. The van der Waals surface area contributed by atoms with Crippen LogP contribution in [0.1, 0.15) is 18.4 Å². The van der Waals surface area contributed by atoms with Gasteiger partial charge in [0, 0.05) is 31.7 Å². The molecule has 1 fully saturated rings. The summed E-state index contributed by atoms with van der Waals surface area (Å²) in [6.07, 6.45) is 2.31. The average molecular weight is 232 g/mol. The summed E-state index contributed by atoms with van der Waals surface area (Å²) in [6, 6.07) is 6.56. The summed E-state index contributed by atoms with van der Waals surface area (Å²) in [5, 5.41) is 7.20. The lowest BCUT2D eigenvalue weighted by molar-refractivity contribution is 0.0276. The van der Waals surface area contributed by atoms with Crippen molar-refractivity contribution < 1.29 is 4.74 Å². The normalized spacial score (nSPS) is 22.2. The van der Waals surface area contributed by atoms with Gasteiger partial charge in [0.1, 0.15) is 0 Å². The lowest BCUT2D eigenvalue weighted by Crippen LogP contribution is -2.40. The van der Waals surface area contributed by atoms with E-state index < -0.39 is 0 Å². The quantitative estimate of drug-likeness (QED) is 0.721. The van der Waals surface area contributed by atoms with Crippen molar-refractivity contribution in [3.63, 3.8) is 0 Å². The molecule has 3 heteroatoms. The standard InChI is InChI=1S/C14H20N2O/c1-11-2-3-12-13(8-11)16-10-14(9-15-12)4-6-17-7-5-14/h2-3,8,15-16H,4-7,9-10H2,1H3. The molecule has 2 aliphatic rings. The Morgan fingerprint density at radius 2 is 1.76 bits per heavy atom. The number of rotatable bonds is 0. The topological polar surface area (TPSA) is 33.3 Å². The van der Waals surface area contributed by atoms with Crippen LogP contribution in [-0.4, -0.2) is 26.3 Å². The van der Waals surface area contributed by atoms with Crippen molar-refractivity contribution in [3.05, 3.63) is 23.8 Å². The molecule has 3 rings (SSSR count). The second-order valence-corrected chi connectivity index (χ2v) is 5.37. The van der Waals surface area contributed by atoms with Gasteiger partial charge in [-0.2, -0.15) is 0 Å². The van der Waals surface area contributed by atoms with Crippen LogP contribution in [0.5, 0.6) is 0 Å². The van der Waals surface area contributed by atoms with Crippen molar-refractivity contribution >= 4 is 11.4 Å². The number of hydrogen-bond acceptors (Lipinski definition) is 3. The summed E-state index contributed by atoms with van der Waals surface area (Å²) in [6.45, 7) is 6.05. The Bertz CT molecular complexity index is 411. The zero-order valence-corrected chi connectivity index (χ0v) is 10.4. The molecule has 2 N–H and O–H groups in total. The molecule has 92 valence electrons. The lowest BCUT2D eigenvalue weighted by atomic mass is 9.80. The molecule has 0 aliphatic carbocycles. The minimum absolute atomic E-state index is 0.366. The van der Waals surface area contributed by atoms with E-state index in [1.165, 1.54) is 16.9 Å². The molecule has 2 aliphatic heterocycles. The van der Waals surface area contributed by atoms with Crippen molar-refractivity contribution in [2.45, 2.75) is 19.8 Å². The summed E-state index contributed by atoms with van der Waals surface area (Å²) in [4.78, 5) is 0. The number of anilines is 2. The molecule has 0 aromatic heterocycles. The number of fused-ring (bicyclic) bond motifs is 1. The summed E-state index contributed by atoms with van der Waals surface area (Å²) in [5.41, 5.74) is 4.15. The molecule has 2 heterocycles. The number of ether oxygens (including phenoxy) is 1. The second kappa shape index (κ2) is 4.22. The highest BCUT2D eigenvalue weighted by atomic mass is 16.5. The maximum atomic E-state index is 5.48. The number of benzene rings is 1. The SMILES string of the molecule is Cc1ccc2c(c1)NCC1(CCOCC1)CN2. The van der Waals surface area contributed by atoms with Gasteiger partial charge < -0.3 is 15.4 Å². The summed E-state index contributed by atoms with van der Waals surface area (Å²) >= 11 is 0. The van der Waals surface area contributed by atoms with Gasteiger partial charge in [0.15, 0.2) is 0 Å². The van der Waals surface area contributed by atoms with Crippen LogP contribution in [0.3, 0.4) is 0 Å². The van der Waals surface area contributed by atoms with Crippen LogP contribution in [0.15, 0.2) is 18.2 Å². The van der Waals surface area contributed by atoms with Crippen molar-refractivity contribution in [3.8, 4) is 0 Å². The van der Waals surface area contributed by atoms with Gasteiger partial charge in [0.2, 0.25) is 0 Å². The Hall–Kier alpha value is -1.22. The molecule has 1 saturated heterocycles. The fourth-order valence-corrected chi connectivity index (χ4v) is 2.74. The second-order valence-electron chi connectivity index (χ2n) is 5.37. The Labute approximate surface area is 103 Å². The molecule has 3 nitrogen and oxygen atoms in total.